The molecule has 3 heterocycles. The van der Waals surface area contributed by atoms with Crippen molar-refractivity contribution in [2.24, 2.45) is 0 Å². The number of hydrogen-bond acceptors (Lipinski definition) is 5. The normalized spacial score (nSPS) is 11.3. The van der Waals surface area contributed by atoms with Gasteiger partial charge in [0, 0.05) is 28.1 Å². The number of hydrogen-bond donors (Lipinski definition) is 0. The fraction of sp³-hybridized carbons (Fsp3) is 0. The second-order valence-corrected chi connectivity index (χ2v) is 6.14. The lowest BCUT2D eigenvalue weighted by Crippen LogP contribution is -1.97. The average Bonchev–Trinajstić information content (AvgIpc) is 3.06. The van der Waals surface area contributed by atoms with Gasteiger partial charge in [0.25, 0.3) is 0 Å². The van der Waals surface area contributed by atoms with Crippen LogP contribution in [0.3, 0.4) is 0 Å². The Hall–Kier alpha value is -3.31. The molecule has 5 nitrogen and oxygen atoms in total. The monoisotopic (exact) mass is 358 g/mol. The van der Waals surface area contributed by atoms with Crippen LogP contribution in [0.25, 0.3) is 44.7 Å². The fourth-order valence-corrected chi connectivity index (χ4v) is 3.13. The van der Waals surface area contributed by atoms with E-state index < -0.39 is 0 Å². The van der Waals surface area contributed by atoms with E-state index in [1.54, 1.807) is 12.4 Å². The van der Waals surface area contributed by atoms with Crippen LogP contribution >= 0.6 is 11.6 Å². The molecule has 0 amide bonds. The molecule has 2 aromatic carbocycles. The van der Waals surface area contributed by atoms with Gasteiger partial charge in [0.2, 0.25) is 5.28 Å². The Labute approximate surface area is 153 Å². The number of furan rings is 1. The van der Waals surface area contributed by atoms with Crippen molar-refractivity contribution in [1.82, 2.24) is 19.9 Å². The van der Waals surface area contributed by atoms with Crippen LogP contribution in [0.5, 0.6) is 0 Å². The highest BCUT2D eigenvalue weighted by atomic mass is 35.5. The summed E-state index contributed by atoms with van der Waals surface area (Å²) >= 11 is 6.15. The molecule has 0 saturated heterocycles. The predicted octanol–water partition coefficient (Wildman–Crippen LogP) is 5.15. The maximum Gasteiger partial charge on any atom is 0.226 e. The van der Waals surface area contributed by atoms with Crippen molar-refractivity contribution in [3.8, 4) is 22.8 Å². The number of pyridine rings is 1. The van der Waals surface area contributed by atoms with Crippen LogP contribution in [0, 0.1) is 0 Å². The molecule has 124 valence electrons. The number of benzene rings is 2. The fourth-order valence-electron chi connectivity index (χ4n) is 2.97. The van der Waals surface area contributed by atoms with Crippen LogP contribution in [0.15, 0.2) is 71.4 Å². The van der Waals surface area contributed by atoms with E-state index in [0.29, 0.717) is 11.6 Å². The van der Waals surface area contributed by atoms with Crippen LogP contribution in [-0.4, -0.2) is 19.9 Å². The minimum absolute atomic E-state index is 0.162. The summed E-state index contributed by atoms with van der Waals surface area (Å²) in [5.41, 5.74) is 3.27. The molecule has 0 aliphatic heterocycles. The molecule has 0 saturated carbocycles. The van der Waals surface area contributed by atoms with Gasteiger partial charge in [-0.3, -0.25) is 4.98 Å². The molecule has 0 spiro atoms. The topological polar surface area (TPSA) is 64.7 Å². The molecule has 5 rings (SSSR count). The number of aromatic nitrogens is 4. The van der Waals surface area contributed by atoms with Crippen LogP contribution < -0.4 is 0 Å². The highest BCUT2D eigenvalue weighted by molar-refractivity contribution is 6.28. The van der Waals surface area contributed by atoms with E-state index in [4.69, 9.17) is 16.0 Å². The van der Waals surface area contributed by atoms with E-state index in [9.17, 15) is 0 Å². The summed E-state index contributed by atoms with van der Waals surface area (Å²) in [7, 11) is 0. The maximum atomic E-state index is 6.15. The van der Waals surface area contributed by atoms with E-state index >= 15 is 0 Å². The van der Waals surface area contributed by atoms with E-state index in [1.165, 1.54) is 0 Å². The standard InChI is InChI=1S/C20H11ClN4O/c21-20-24-18(12-4-2-1-3-5-12)23-19(25-20)13-6-7-16-15(10-13)14-8-9-22-11-17(14)26-16/h1-11H. The minimum atomic E-state index is 0.162. The third-order valence-electron chi connectivity index (χ3n) is 4.17. The first-order valence-corrected chi connectivity index (χ1v) is 8.39. The van der Waals surface area contributed by atoms with Gasteiger partial charge in [0.1, 0.15) is 5.58 Å². The highest BCUT2D eigenvalue weighted by Gasteiger charge is 2.12. The van der Waals surface area contributed by atoms with Gasteiger partial charge in [-0.25, -0.2) is 4.98 Å². The van der Waals surface area contributed by atoms with Gasteiger partial charge < -0.3 is 4.42 Å². The summed E-state index contributed by atoms with van der Waals surface area (Å²) in [4.78, 5) is 17.2. The molecule has 0 aliphatic rings. The third kappa shape index (κ3) is 2.50. The van der Waals surface area contributed by atoms with Crippen molar-refractivity contribution in [3.63, 3.8) is 0 Å². The molecule has 0 radical (unpaired) electrons. The van der Waals surface area contributed by atoms with Crippen LogP contribution in [-0.2, 0) is 0 Å². The van der Waals surface area contributed by atoms with Gasteiger partial charge in [-0.15, -0.1) is 0 Å². The van der Waals surface area contributed by atoms with E-state index in [2.05, 4.69) is 19.9 Å². The van der Waals surface area contributed by atoms with E-state index in [0.717, 1.165) is 33.1 Å². The molecular weight excluding hydrogens is 348 g/mol. The van der Waals surface area contributed by atoms with Gasteiger partial charge in [-0.2, -0.15) is 9.97 Å². The third-order valence-corrected chi connectivity index (χ3v) is 4.34. The largest absolute Gasteiger partial charge is 0.454 e. The van der Waals surface area contributed by atoms with Gasteiger partial charge in [0.15, 0.2) is 17.2 Å². The van der Waals surface area contributed by atoms with Gasteiger partial charge in [0.05, 0.1) is 6.20 Å². The molecule has 0 unspecified atom stereocenters. The van der Waals surface area contributed by atoms with E-state index in [1.807, 2.05) is 54.6 Å². The average molecular weight is 359 g/mol. The number of halogens is 1. The van der Waals surface area contributed by atoms with Crippen molar-refractivity contribution in [2.45, 2.75) is 0 Å². The molecule has 0 atom stereocenters. The smallest absolute Gasteiger partial charge is 0.226 e. The lowest BCUT2D eigenvalue weighted by molar-refractivity contribution is 0.667. The summed E-state index contributed by atoms with van der Waals surface area (Å²) in [5.74, 6) is 1.07. The Bertz CT molecular complexity index is 1250. The Morgan fingerprint density at radius 3 is 2.38 bits per heavy atom. The van der Waals surface area contributed by atoms with Crippen molar-refractivity contribution in [2.75, 3.05) is 0 Å². The first-order valence-electron chi connectivity index (χ1n) is 8.01. The van der Waals surface area contributed by atoms with Crippen molar-refractivity contribution in [3.05, 3.63) is 72.3 Å². The molecule has 0 bridgehead atoms. The van der Waals surface area contributed by atoms with Crippen LogP contribution in [0.1, 0.15) is 0 Å². The second kappa shape index (κ2) is 5.89. The van der Waals surface area contributed by atoms with Crippen LogP contribution in [0.4, 0.5) is 0 Å². The Morgan fingerprint density at radius 1 is 0.731 bits per heavy atom. The van der Waals surface area contributed by atoms with Gasteiger partial charge in [-0.05, 0) is 35.9 Å². The number of rotatable bonds is 2. The van der Waals surface area contributed by atoms with E-state index in [-0.39, 0.29) is 5.28 Å². The molecule has 0 aliphatic carbocycles. The molecular formula is C20H11ClN4O. The SMILES string of the molecule is Clc1nc(-c2ccccc2)nc(-c2ccc3oc4cnccc4c3c2)n1. The number of nitrogens with zero attached hydrogens (tertiary/aromatic N) is 4. The summed E-state index contributed by atoms with van der Waals surface area (Å²) in [6, 6.07) is 17.4. The molecule has 6 heteroatoms. The zero-order valence-corrected chi connectivity index (χ0v) is 14.2. The van der Waals surface area contributed by atoms with Crippen molar-refractivity contribution >= 4 is 33.5 Å². The summed E-state index contributed by atoms with van der Waals surface area (Å²) in [5, 5.41) is 2.15. The molecule has 26 heavy (non-hydrogen) atoms. The Morgan fingerprint density at radius 2 is 1.54 bits per heavy atom. The minimum Gasteiger partial charge on any atom is -0.454 e. The van der Waals surface area contributed by atoms with Gasteiger partial charge in [-0.1, -0.05) is 30.3 Å². The summed E-state index contributed by atoms with van der Waals surface area (Å²) < 4.78 is 5.82. The maximum absolute atomic E-state index is 6.15. The second-order valence-electron chi connectivity index (χ2n) is 5.80. The van der Waals surface area contributed by atoms with Crippen molar-refractivity contribution in [1.29, 1.82) is 0 Å². The Balaban J connectivity index is 1.70. The summed E-state index contributed by atoms with van der Waals surface area (Å²) in [6.07, 6.45) is 3.46. The molecule has 0 N–H and O–H groups in total. The van der Waals surface area contributed by atoms with Crippen LogP contribution in [0.2, 0.25) is 5.28 Å². The first kappa shape index (κ1) is 15.0. The predicted molar refractivity (Wildman–Crippen MR) is 101 cm³/mol. The Kier molecular flexibility index (Phi) is 3.40. The zero-order valence-electron chi connectivity index (χ0n) is 13.4. The molecule has 3 aromatic heterocycles. The lowest BCUT2D eigenvalue weighted by Gasteiger charge is -2.05. The van der Waals surface area contributed by atoms with Crippen molar-refractivity contribution < 1.29 is 4.42 Å². The van der Waals surface area contributed by atoms with Gasteiger partial charge >= 0.3 is 0 Å². The zero-order chi connectivity index (χ0) is 17.5. The first-order chi connectivity index (χ1) is 12.8. The molecule has 5 aromatic rings. The number of fused-ring (bicyclic) bond motifs is 3. The molecule has 0 fully saturated rings. The lowest BCUT2D eigenvalue weighted by atomic mass is 10.1. The summed E-state index contributed by atoms with van der Waals surface area (Å²) in [6.45, 7) is 0. The quantitative estimate of drug-likeness (QED) is 0.436. The highest BCUT2D eigenvalue weighted by Crippen LogP contribution is 2.31.